The average molecular weight is 378 g/mol. The van der Waals surface area contributed by atoms with Gasteiger partial charge in [-0.25, -0.2) is 8.42 Å². The fourth-order valence-electron chi connectivity index (χ4n) is 2.11. The maximum absolute atomic E-state index is 12.2. The van der Waals surface area contributed by atoms with Crippen molar-refractivity contribution in [3.05, 3.63) is 58.6 Å². The minimum atomic E-state index is -3.35. The van der Waals surface area contributed by atoms with E-state index >= 15 is 0 Å². The molecule has 0 aromatic heterocycles. The van der Waals surface area contributed by atoms with E-state index in [9.17, 15) is 23.3 Å². The zero-order valence-corrected chi connectivity index (χ0v) is 14.9. The summed E-state index contributed by atoms with van der Waals surface area (Å²) in [5, 5.41) is 16.3. The Morgan fingerprint density at radius 1 is 1.08 bits per heavy atom. The number of nitro benzene ring substituents is 1. The van der Waals surface area contributed by atoms with Gasteiger partial charge in [0.25, 0.3) is 5.69 Å². The van der Waals surface area contributed by atoms with Crippen LogP contribution in [0.2, 0.25) is 0 Å². The molecule has 1 unspecified atom stereocenters. The molecule has 1 atom stereocenters. The van der Waals surface area contributed by atoms with Crippen LogP contribution >= 0.6 is 0 Å². The van der Waals surface area contributed by atoms with E-state index in [0.717, 1.165) is 6.26 Å². The molecule has 3 N–H and O–H groups in total. The maximum atomic E-state index is 12.2. The van der Waals surface area contributed by atoms with Crippen molar-refractivity contribution in [3.8, 4) is 0 Å². The van der Waals surface area contributed by atoms with E-state index in [1.807, 2.05) is 0 Å². The van der Waals surface area contributed by atoms with Crippen LogP contribution in [0.4, 0.5) is 22.7 Å². The van der Waals surface area contributed by atoms with E-state index in [-0.39, 0.29) is 11.6 Å². The Morgan fingerprint density at radius 2 is 1.69 bits per heavy atom. The number of rotatable bonds is 7. The van der Waals surface area contributed by atoms with Gasteiger partial charge in [0.05, 0.1) is 11.2 Å². The Balaban J connectivity index is 1.98. The van der Waals surface area contributed by atoms with Crippen molar-refractivity contribution in [3.63, 3.8) is 0 Å². The lowest BCUT2D eigenvalue weighted by Crippen LogP contribution is -2.31. The Kier molecular flexibility index (Phi) is 5.78. The van der Waals surface area contributed by atoms with Gasteiger partial charge in [-0.3, -0.25) is 19.6 Å². The monoisotopic (exact) mass is 378 g/mol. The number of non-ortho nitro benzene ring substituents is 1. The topological polar surface area (TPSA) is 130 Å². The van der Waals surface area contributed by atoms with Gasteiger partial charge in [0.1, 0.15) is 6.04 Å². The van der Waals surface area contributed by atoms with Crippen LogP contribution in [0.1, 0.15) is 6.92 Å². The molecule has 0 saturated heterocycles. The molecule has 0 aliphatic rings. The summed E-state index contributed by atoms with van der Waals surface area (Å²) in [7, 11) is -3.35. The van der Waals surface area contributed by atoms with Crippen LogP contribution in [0.3, 0.4) is 0 Å². The SMILES string of the molecule is CC(Nc1ccc(NS(C)(=O)=O)cc1)C(=O)Nc1cccc([N+](=O)[O-])c1. The molecule has 0 radical (unpaired) electrons. The highest BCUT2D eigenvalue weighted by Crippen LogP contribution is 2.18. The summed E-state index contributed by atoms with van der Waals surface area (Å²) in [6.45, 7) is 1.63. The highest BCUT2D eigenvalue weighted by Gasteiger charge is 2.14. The lowest BCUT2D eigenvalue weighted by atomic mass is 10.2. The minimum absolute atomic E-state index is 0.114. The van der Waals surface area contributed by atoms with Gasteiger partial charge >= 0.3 is 0 Å². The van der Waals surface area contributed by atoms with E-state index in [1.54, 1.807) is 37.3 Å². The molecule has 0 spiro atoms. The van der Waals surface area contributed by atoms with Crippen LogP contribution in [0, 0.1) is 10.1 Å². The van der Waals surface area contributed by atoms with Crippen molar-refractivity contribution in [1.82, 2.24) is 0 Å². The van der Waals surface area contributed by atoms with E-state index in [2.05, 4.69) is 15.4 Å². The van der Waals surface area contributed by atoms with Crippen molar-refractivity contribution in [2.24, 2.45) is 0 Å². The number of carbonyl (C=O) groups excluding carboxylic acids is 1. The Bertz CT molecular complexity index is 912. The molecule has 0 aliphatic heterocycles. The minimum Gasteiger partial charge on any atom is -0.374 e. The Morgan fingerprint density at radius 3 is 2.27 bits per heavy atom. The Labute approximate surface area is 150 Å². The van der Waals surface area contributed by atoms with Crippen LogP contribution < -0.4 is 15.4 Å². The number of benzene rings is 2. The van der Waals surface area contributed by atoms with Crippen LogP contribution in [-0.4, -0.2) is 31.5 Å². The lowest BCUT2D eigenvalue weighted by molar-refractivity contribution is -0.384. The van der Waals surface area contributed by atoms with Crippen LogP contribution in [0.15, 0.2) is 48.5 Å². The van der Waals surface area contributed by atoms with Crippen molar-refractivity contribution in [2.45, 2.75) is 13.0 Å². The number of nitrogens with zero attached hydrogens (tertiary/aromatic N) is 1. The van der Waals surface area contributed by atoms with Gasteiger partial charge in [-0.1, -0.05) is 6.07 Å². The van der Waals surface area contributed by atoms with Crippen molar-refractivity contribution < 1.29 is 18.1 Å². The number of anilines is 3. The van der Waals surface area contributed by atoms with Crippen LogP contribution in [0.5, 0.6) is 0 Å². The van der Waals surface area contributed by atoms with Gasteiger partial charge in [-0.05, 0) is 37.3 Å². The first-order valence-corrected chi connectivity index (χ1v) is 9.43. The molecule has 0 saturated carbocycles. The number of nitrogens with one attached hydrogen (secondary N) is 3. The fraction of sp³-hybridized carbons (Fsp3) is 0.188. The number of sulfonamides is 1. The number of hydrogen-bond donors (Lipinski definition) is 3. The lowest BCUT2D eigenvalue weighted by Gasteiger charge is -2.15. The molecular formula is C16H18N4O5S. The van der Waals surface area contributed by atoms with E-state index in [0.29, 0.717) is 17.1 Å². The largest absolute Gasteiger partial charge is 0.374 e. The quantitative estimate of drug-likeness (QED) is 0.501. The zero-order valence-electron chi connectivity index (χ0n) is 14.1. The summed E-state index contributed by atoms with van der Waals surface area (Å²) in [6, 6.07) is 11.4. The molecule has 2 rings (SSSR count). The normalized spacial score (nSPS) is 12.1. The predicted molar refractivity (Wildman–Crippen MR) is 99.7 cm³/mol. The van der Waals surface area contributed by atoms with Gasteiger partial charge in [0, 0.05) is 29.2 Å². The second-order valence-electron chi connectivity index (χ2n) is 5.61. The van der Waals surface area contributed by atoms with Gasteiger partial charge in [-0.15, -0.1) is 0 Å². The predicted octanol–water partition coefficient (Wildman–Crippen LogP) is 2.41. The van der Waals surface area contributed by atoms with Crippen LogP contribution in [-0.2, 0) is 14.8 Å². The number of carbonyl (C=O) groups is 1. The first kappa shape index (κ1) is 19.2. The van der Waals surface area contributed by atoms with Gasteiger partial charge in [-0.2, -0.15) is 0 Å². The molecule has 9 nitrogen and oxygen atoms in total. The van der Waals surface area contributed by atoms with E-state index in [4.69, 9.17) is 0 Å². The maximum Gasteiger partial charge on any atom is 0.271 e. The fourth-order valence-corrected chi connectivity index (χ4v) is 2.68. The summed E-state index contributed by atoms with van der Waals surface area (Å²) in [5.41, 5.74) is 1.24. The molecule has 0 aliphatic carbocycles. The summed E-state index contributed by atoms with van der Waals surface area (Å²) in [6.07, 6.45) is 1.06. The Hall–Kier alpha value is -3.14. The highest BCUT2D eigenvalue weighted by atomic mass is 32.2. The van der Waals surface area contributed by atoms with E-state index in [1.165, 1.54) is 18.2 Å². The molecule has 0 heterocycles. The van der Waals surface area contributed by atoms with Gasteiger partial charge in [0.15, 0.2) is 0 Å². The second kappa shape index (κ2) is 7.83. The molecular weight excluding hydrogens is 360 g/mol. The number of nitro groups is 1. The molecule has 2 aromatic rings. The van der Waals surface area contributed by atoms with Gasteiger partial charge in [0.2, 0.25) is 15.9 Å². The standard InChI is InChI=1S/C16H18N4O5S/c1-11(16(21)18-14-4-3-5-15(10-14)20(22)23)17-12-6-8-13(9-7-12)19-26(2,24)25/h3-11,17,19H,1-2H3,(H,18,21). The number of hydrogen-bond acceptors (Lipinski definition) is 6. The third-order valence-electron chi connectivity index (χ3n) is 3.29. The molecule has 0 fully saturated rings. The number of amides is 1. The first-order chi connectivity index (χ1) is 12.1. The molecule has 2 aromatic carbocycles. The van der Waals surface area contributed by atoms with Gasteiger partial charge < -0.3 is 10.6 Å². The molecule has 10 heteroatoms. The van der Waals surface area contributed by atoms with E-state index < -0.39 is 21.0 Å². The smallest absolute Gasteiger partial charge is 0.271 e. The summed E-state index contributed by atoms with van der Waals surface area (Å²) in [4.78, 5) is 22.4. The van der Waals surface area contributed by atoms with Crippen molar-refractivity contribution in [1.29, 1.82) is 0 Å². The second-order valence-corrected chi connectivity index (χ2v) is 7.36. The average Bonchev–Trinajstić information content (AvgIpc) is 2.55. The third-order valence-corrected chi connectivity index (χ3v) is 3.90. The summed E-state index contributed by atoms with van der Waals surface area (Å²) < 4.78 is 24.7. The van der Waals surface area contributed by atoms with Crippen LogP contribution in [0.25, 0.3) is 0 Å². The summed E-state index contributed by atoms with van der Waals surface area (Å²) >= 11 is 0. The zero-order chi connectivity index (χ0) is 19.3. The third kappa shape index (κ3) is 5.74. The summed E-state index contributed by atoms with van der Waals surface area (Å²) in [5.74, 6) is -0.371. The highest BCUT2D eigenvalue weighted by molar-refractivity contribution is 7.92. The van der Waals surface area contributed by atoms with Crippen molar-refractivity contribution in [2.75, 3.05) is 21.6 Å². The molecule has 0 bridgehead atoms. The molecule has 138 valence electrons. The van der Waals surface area contributed by atoms with Crippen molar-refractivity contribution >= 4 is 38.7 Å². The molecule has 26 heavy (non-hydrogen) atoms. The first-order valence-electron chi connectivity index (χ1n) is 7.54. The molecule has 1 amide bonds.